The predicted octanol–water partition coefficient (Wildman–Crippen LogP) is 2.91. The first kappa shape index (κ1) is 14.0. The zero-order valence-electron chi connectivity index (χ0n) is 9.98. The highest BCUT2D eigenvalue weighted by Gasteiger charge is 2.12. The molecule has 1 aromatic carbocycles. The maximum atomic E-state index is 8.82. The van der Waals surface area contributed by atoms with E-state index in [9.17, 15) is 0 Å². The number of hydrogen-bond donors (Lipinski definition) is 1. The molecule has 0 amide bonds. The molecule has 2 nitrogen and oxygen atoms in total. The van der Waals surface area contributed by atoms with Crippen LogP contribution in [0.1, 0.15) is 30.4 Å². The Morgan fingerprint density at radius 3 is 2.76 bits per heavy atom. The molecule has 1 N–H and O–H groups in total. The van der Waals surface area contributed by atoms with Gasteiger partial charge in [0, 0.05) is 0 Å². The molecule has 92 valence electrons. The lowest BCUT2D eigenvalue weighted by Gasteiger charge is -2.22. The third kappa shape index (κ3) is 4.38. The van der Waals surface area contributed by atoms with E-state index in [-0.39, 0.29) is 12.4 Å². The summed E-state index contributed by atoms with van der Waals surface area (Å²) in [4.78, 5) is 0. The van der Waals surface area contributed by atoms with Crippen LogP contribution in [0.4, 0.5) is 0 Å². The SMILES string of the molecule is Cl.N#Cc1cccc(CCC2CCNCC2)c1. The van der Waals surface area contributed by atoms with Crippen LogP contribution in [0.3, 0.4) is 0 Å². The van der Waals surface area contributed by atoms with Gasteiger partial charge in [-0.2, -0.15) is 5.26 Å². The average Bonchev–Trinajstić information content (AvgIpc) is 2.38. The van der Waals surface area contributed by atoms with Gasteiger partial charge in [-0.1, -0.05) is 12.1 Å². The van der Waals surface area contributed by atoms with Crippen LogP contribution in [0.15, 0.2) is 24.3 Å². The van der Waals surface area contributed by atoms with E-state index in [1.54, 1.807) is 0 Å². The van der Waals surface area contributed by atoms with Crippen LogP contribution < -0.4 is 5.32 Å². The summed E-state index contributed by atoms with van der Waals surface area (Å²) in [6.45, 7) is 2.34. The molecule has 1 aromatic rings. The average molecular weight is 251 g/mol. The summed E-state index contributed by atoms with van der Waals surface area (Å²) < 4.78 is 0. The van der Waals surface area contributed by atoms with Crippen LogP contribution in [0, 0.1) is 17.2 Å². The Morgan fingerprint density at radius 1 is 1.29 bits per heavy atom. The van der Waals surface area contributed by atoms with E-state index in [2.05, 4.69) is 17.5 Å². The first-order valence-electron chi connectivity index (χ1n) is 6.08. The Labute approximate surface area is 109 Å². The number of piperidine rings is 1. The zero-order chi connectivity index (χ0) is 11.2. The molecule has 3 heteroatoms. The standard InChI is InChI=1S/C14H18N2.ClH/c15-11-14-3-1-2-13(10-14)5-4-12-6-8-16-9-7-12;/h1-3,10,12,16H,4-9H2;1H. The number of hydrogen-bond acceptors (Lipinski definition) is 2. The molecule has 0 atom stereocenters. The van der Waals surface area contributed by atoms with Gasteiger partial charge in [0.15, 0.2) is 0 Å². The molecule has 2 rings (SSSR count). The van der Waals surface area contributed by atoms with Gasteiger partial charge in [-0.05, 0) is 62.4 Å². The second kappa shape index (κ2) is 7.32. The van der Waals surface area contributed by atoms with Crippen molar-refractivity contribution in [1.29, 1.82) is 5.26 Å². The number of aryl methyl sites for hydroxylation is 1. The molecule has 0 spiro atoms. The Bertz CT molecular complexity index is 378. The smallest absolute Gasteiger partial charge is 0.0991 e. The zero-order valence-corrected chi connectivity index (χ0v) is 10.8. The second-order valence-corrected chi connectivity index (χ2v) is 4.54. The molecular formula is C14H19ClN2. The number of rotatable bonds is 3. The maximum Gasteiger partial charge on any atom is 0.0991 e. The molecule has 0 radical (unpaired) electrons. The van der Waals surface area contributed by atoms with Gasteiger partial charge < -0.3 is 5.32 Å². The molecule has 1 saturated heterocycles. The monoisotopic (exact) mass is 250 g/mol. The number of benzene rings is 1. The fourth-order valence-electron chi connectivity index (χ4n) is 2.34. The molecule has 0 bridgehead atoms. The summed E-state index contributed by atoms with van der Waals surface area (Å²) in [6.07, 6.45) is 4.98. The van der Waals surface area contributed by atoms with E-state index >= 15 is 0 Å². The van der Waals surface area contributed by atoms with Crippen molar-refractivity contribution in [3.05, 3.63) is 35.4 Å². The summed E-state index contributed by atoms with van der Waals surface area (Å²) in [5.41, 5.74) is 2.08. The minimum atomic E-state index is 0. The quantitative estimate of drug-likeness (QED) is 0.896. The number of nitrogens with zero attached hydrogens (tertiary/aromatic N) is 1. The van der Waals surface area contributed by atoms with Crippen molar-refractivity contribution in [2.45, 2.75) is 25.7 Å². The van der Waals surface area contributed by atoms with Crippen LogP contribution in [0.25, 0.3) is 0 Å². The highest BCUT2D eigenvalue weighted by molar-refractivity contribution is 5.85. The Kier molecular flexibility index (Phi) is 6.04. The van der Waals surface area contributed by atoms with E-state index in [1.807, 2.05) is 18.2 Å². The summed E-state index contributed by atoms with van der Waals surface area (Å²) in [5.74, 6) is 0.868. The lowest BCUT2D eigenvalue weighted by atomic mass is 9.91. The summed E-state index contributed by atoms with van der Waals surface area (Å²) in [6, 6.07) is 10.2. The van der Waals surface area contributed by atoms with E-state index in [4.69, 9.17) is 5.26 Å². The van der Waals surface area contributed by atoms with Crippen molar-refractivity contribution >= 4 is 12.4 Å². The maximum absolute atomic E-state index is 8.82. The second-order valence-electron chi connectivity index (χ2n) is 4.54. The number of halogens is 1. The summed E-state index contributed by atoms with van der Waals surface area (Å²) >= 11 is 0. The molecule has 0 aliphatic carbocycles. The van der Waals surface area contributed by atoms with E-state index in [1.165, 1.54) is 37.9 Å². The first-order valence-corrected chi connectivity index (χ1v) is 6.08. The van der Waals surface area contributed by atoms with Gasteiger partial charge in [-0.25, -0.2) is 0 Å². The van der Waals surface area contributed by atoms with Crippen molar-refractivity contribution in [2.24, 2.45) is 5.92 Å². The molecule has 1 aliphatic rings. The third-order valence-corrected chi connectivity index (χ3v) is 3.36. The Hall–Kier alpha value is -1.04. The minimum absolute atomic E-state index is 0. The van der Waals surface area contributed by atoms with E-state index in [0.29, 0.717) is 0 Å². The van der Waals surface area contributed by atoms with Crippen molar-refractivity contribution in [2.75, 3.05) is 13.1 Å². The van der Waals surface area contributed by atoms with E-state index < -0.39 is 0 Å². The molecule has 17 heavy (non-hydrogen) atoms. The number of nitrogens with one attached hydrogen (secondary N) is 1. The summed E-state index contributed by atoms with van der Waals surface area (Å²) in [7, 11) is 0. The van der Waals surface area contributed by atoms with Gasteiger partial charge in [-0.15, -0.1) is 12.4 Å². The van der Waals surface area contributed by atoms with Gasteiger partial charge in [0.25, 0.3) is 0 Å². The minimum Gasteiger partial charge on any atom is -0.317 e. The van der Waals surface area contributed by atoms with Crippen molar-refractivity contribution in [3.8, 4) is 6.07 Å². The van der Waals surface area contributed by atoms with Crippen molar-refractivity contribution < 1.29 is 0 Å². The molecule has 1 aliphatic heterocycles. The molecule has 0 aromatic heterocycles. The van der Waals surface area contributed by atoms with Gasteiger partial charge in [-0.3, -0.25) is 0 Å². The van der Waals surface area contributed by atoms with Crippen molar-refractivity contribution in [1.82, 2.24) is 5.32 Å². The third-order valence-electron chi connectivity index (χ3n) is 3.36. The lowest BCUT2D eigenvalue weighted by Crippen LogP contribution is -2.27. The van der Waals surface area contributed by atoms with Gasteiger partial charge in [0.05, 0.1) is 11.6 Å². The normalized spacial score (nSPS) is 15.9. The fraction of sp³-hybridized carbons (Fsp3) is 0.500. The fourth-order valence-corrected chi connectivity index (χ4v) is 2.34. The van der Waals surface area contributed by atoms with Crippen molar-refractivity contribution in [3.63, 3.8) is 0 Å². The molecule has 0 unspecified atom stereocenters. The Morgan fingerprint density at radius 2 is 2.06 bits per heavy atom. The number of nitriles is 1. The van der Waals surface area contributed by atoms with Gasteiger partial charge in [0.2, 0.25) is 0 Å². The highest BCUT2D eigenvalue weighted by Crippen LogP contribution is 2.19. The van der Waals surface area contributed by atoms with Gasteiger partial charge in [0.1, 0.15) is 0 Å². The highest BCUT2D eigenvalue weighted by atomic mass is 35.5. The van der Waals surface area contributed by atoms with E-state index in [0.717, 1.165) is 17.9 Å². The molecule has 0 saturated carbocycles. The van der Waals surface area contributed by atoms with Crippen LogP contribution in [0.2, 0.25) is 0 Å². The van der Waals surface area contributed by atoms with Crippen LogP contribution in [0.5, 0.6) is 0 Å². The molecule has 1 fully saturated rings. The predicted molar refractivity (Wildman–Crippen MR) is 72.3 cm³/mol. The largest absolute Gasteiger partial charge is 0.317 e. The lowest BCUT2D eigenvalue weighted by molar-refractivity contribution is 0.354. The Balaban J connectivity index is 0.00000144. The van der Waals surface area contributed by atoms with Crippen LogP contribution in [-0.4, -0.2) is 13.1 Å². The topological polar surface area (TPSA) is 35.8 Å². The van der Waals surface area contributed by atoms with Crippen LogP contribution >= 0.6 is 12.4 Å². The van der Waals surface area contributed by atoms with Crippen LogP contribution in [-0.2, 0) is 6.42 Å². The molecule has 1 heterocycles. The molecular weight excluding hydrogens is 232 g/mol. The summed E-state index contributed by atoms with van der Waals surface area (Å²) in [5, 5.41) is 12.2. The first-order chi connectivity index (χ1) is 7.88. The van der Waals surface area contributed by atoms with Gasteiger partial charge >= 0.3 is 0 Å².